The molecule has 0 spiro atoms. The first kappa shape index (κ1) is 24.5. The Balaban J connectivity index is 0.000000226. The number of fused-ring (bicyclic) bond motifs is 1. The van der Waals surface area contributed by atoms with E-state index in [1.165, 1.54) is 28.6 Å². The number of aromatic carboxylic acids is 1. The number of thiazole rings is 1. The number of nitrogens with zero attached hydrogens (tertiary/aromatic N) is 3. The van der Waals surface area contributed by atoms with Crippen LogP contribution in [0.2, 0.25) is 0 Å². The lowest BCUT2D eigenvalue weighted by molar-refractivity contribution is -0.274. The molecule has 34 heavy (non-hydrogen) atoms. The van der Waals surface area contributed by atoms with Crippen LogP contribution in [0, 0.1) is 13.8 Å². The minimum atomic E-state index is -4.94. The number of anilines is 2. The van der Waals surface area contributed by atoms with Crippen LogP contribution in [0.5, 0.6) is 5.75 Å². The fraction of sp³-hybridized carbons (Fsp3) is 0.143. The van der Waals surface area contributed by atoms with E-state index in [1.54, 1.807) is 0 Å². The number of carbonyl (C=O) groups is 2. The summed E-state index contributed by atoms with van der Waals surface area (Å²) in [6.45, 7) is 4.11. The maximum atomic E-state index is 12.3. The Kier molecular flexibility index (Phi) is 7.05. The van der Waals surface area contributed by atoms with Gasteiger partial charge in [0.15, 0.2) is 10.8 Å². The summed E-state index contributed by atoms with van der Waals surface area (Å²) in [5, 5.41) is 12.1. The molecule has 2 heterocycles. The Bertz CT molecular complexity index is 1310. The second-order valence-corrected chi connectivity index (χ2v) is 7.71. The first-order valence-corrected chi connectivity index (χ1v) is 10.3. The Hall–Kier alpha value is -4.13. The number of aryl methyl sites for hydroxylation is 2. The highest BCUT2D eigenvalue weighted by atomic mass is 32.1. The van der Waals surface area contributed by atoms with E-state index in [0.29, 0.717) is 5.95 Å². The number of amides is 1. The van der Waals surface area contributed by atoms with Gasteiger partial charge in [0, 0.05) is 22.4 Å². The van der Waals surface area contributed by atoms with Gasteiger partial charge in [0.2, 0.25) is 0 Å². The van der Waals surface area contributed by atoms with Gasteiger partial charge in [-0.3, -0.25) is 10.1 Å². The molecular weight excluding hydrogens is 475 g/mol. The van der Waals surface area contributed by atoms with Crippen LogP contribution in [-0.2, 0) is 0 Å². The Morgan fingerprint density at radius 1 is 1.15 bits per heavy atom. The van der Waals surface area contributed by atoms with E-state index in [2.05, 4.69) is 38.9 Å². The molecule has 0 aliphatic carbocycles. The van der Waals surface area contributed by atoms with Gasteiger partial charge in [-0.2, -0.15) is 0 Å². The number of halogens is 3. The second kappa shape index (κ2) is 9.79. The number of aromatic nitrogens is 3. The van der Waals surface area contributed by atoms with Gasteiger partial charge in [-0.05, 0) is 49.2 Å². The summed E-state index contributed by atoms with van der Waals surface area (Å²) in [7, 11) is 0. The SMILES string of the molecule is Cc1cc2nc(N)[n-]c2cc1C.O=C(O)c1csc(NC(=O)c2ccccc2OC(F)(F)F)n1. The van der Waals surface area contributed by atoms with Gasteiger partial charge in [-0.25, -0.2) is 9.78 Å². The summed E-state index contributed by atoms with van der Waals surface area (Å²) in [4.78, 5) is 34.4. The first-order chi connectivity index (χ1) is 15.9. The van der Waals surface area contributed by atoms with Gasteiger partial charge < -0.3 is 25.5 Å². The number of nitrogens with two attached hydrogens (primary N) is 1. The van der Waals surface area contributed by atoms with Gasteiger partial charge >= 0.3 is 12.3 Å². The number of carboxylic acid groups (broad SMARTS) is 1. The van der Waals surface area contributed by atoms with Gasteiger partial charge in [0.25, 0.3) is 5.91 Å². The lowest BCUT2D eigenvalue weighted by Crippen LogP contribution is -2.20. The number of nitrogen functional groups attached to an aromatic ring is 1. The molecule has 178 valence electrons. The number of para-hydroxylation sites is 1. The number of nitrogens with one attached hydrogen (secondary N) is 1. The fourth-order valence-electron chi connectivity index (χ4n) is 2.70. The van der Waals surface area contributed by atoms with Crippen LogP contribution in [0.3, 0.4) is 0 Å². The molecule has 1 amide bonds. The highest BCUT2D eigenvalue weighted by molar-refractivity contribution is 7.14. The summed E-state index contributed by atoms with van der Waals surface area (Å²) >= 11 is 0.833. The highest BCUT2D eigenvalue weighted by Gasteiger charge is 2.33. The third-order valence-electron chi connectivity index (χ3n) is 4.36. The molecule has 9 nitrogen and oxygen atoms in total. The lowest BCUT2D eigenvalue weighted by atomic mass is 10.1. The largest absolute Gasteiger partial charge is 0.573 e. The van der Waals surface area contributed by atoms with Crippen LogP contribution < -0.4 is 20.8 Å². The summed E-state index contributed by atoms with van der Waals surface area (Å²) in [5.74, 6) is -2.48. The van der Waals surface area contributed by atoms with Crippen molar-refractivity contribution in [2.24, 2.45) is 0 Å². The predicted octanol–water partition coefficient (Wildman–Crippen LogP) is 4.38. The molecule has 4 N–H and O–H groups in total. The van der Waals surface area contributed by atoms with Gasteiger partial charge in [-0.1, -0.05) is 12.1 Å². The molecule has 4 aromatic rings. The smallest absolute Gasteiger partial charge is 0.476 e. The molecule has 0 aliphatic rings. The number of imidazole rings is 1. The normalized spacial score (nSPS) is 11.0. The van der Waals surface area contributed by atoms with E-state index < -0.39 is 24.0 Å². The molecule has 0 aliphatic heterocycles. The van der Waals surface area contributed by atoms with Crippen LogP contribution in [0.1, 0.15) is 32.0 Å². The Morgan fingerprint density at radius 2 is 1.82 bits per heavy atom. The molecule has 0 saturated heterocycles. The van der Waals surface area contributed by atoms with Gasteiger partial charge in [-0.15, -0.1) is 24.5 Å². The van der Waals surface area contributed by atoms with Gasteiger partial charge in [0.1, 0.15) is 5.75 Å². The summed E-state index contributed by atoms with van der Waals surface area (Å²) in [5.41, 5.74) is 9.05. The van der Waals surface area contributed by atoms with Crippen molar-refractivity contribution in [3.05, 3.63) is 64.2 Å². The van der Waals surface area contributed by atoms with Crippen molar-refractivity contribution in [3.8, 4) is 5.75 Å². The number of ether oxygens (including phenoxy) is 1. The van der Waals surface area contributed by atoms with Crippen LogP contribution >= 0.6 is 11.3 Å². The Morgan fingerprint density at radius 3 is 2.47 bits per heavy atom. The highest BCUT2D eigenvalue weighted by Crippen LogP contribution is 2.27. The van der Waals surface area contributed by atoms with Crippen molar-refractivity contribution in [2.45, 2.75) is 20.2 Å². The van der Waals surface area contributed by atoms with Gasteiger partial charge in [0.05, 0.1) is 5.56 Å². The monoisotopic (exact) mass is 492 g/mol. The molecular formula is C21H17F3N5O4S-. The average Bonchev–Trinajstić information content (AvgIpc) is 3.34. The summed E-state index contributed by atoms with van der Waals surface area (Å²) in [6, 6.07) is 8.80. The molecule has 0 atom stereocenters. The van der Waals surface area contributed by atoms with Crippen molar-refractivity contribution in [2.75, 3.05) is 11.1 Å². The molecule has 2 aromatic heterocycles. The number of carboxylic acids is 1. The summed E-state index contributed by atoms with van der Waals surface area (Å²) < 4.78 is 40.6. The van der Waals surface area contributed by atoms with Crippen LogP contribution in [0.25, 0.3) is 11.0 Å². The van der Waals surface area contributed by atoms with E-state index >= 15 is 0 Å². The second-order valence-electron chi connectivity index (χ2n) is 6.85. The quantitative estimate of drug-likeness (QED) is 0.381. The molecule has 0 bridgehead atoms. The number of carbonyl (C=O) groups excluding carboxylic acids is 1. The van der Waals surface area contributed by atoms with Crippen LogP contribution in [0.4, 0.5) is 24.3 Å². The zero-order chi connectivity index (χ0) is 25.0. The predicted molar refractivity (Wildman–Crippen MR) is 119 cm³/mol. The molecule has 2 aromatic carbocycles. The number of alkyl halides is 3. The van der Waals surface area contributed by atoms with E-state index in [4.69, 9.17) is 10.8 Å². The van der Waals surface area contributed by atoms with Crippen molar-refractivity contribution >= 4 is 45.3 Å². The van der Waals surface area contributed by atoms with Crippen molar-refractivity contribution < 1.29 is 32.6 Å². The number of hydrogen-bond donors (Lipinski definition) is 3. The first-order valence-electron chi connectivity index (χ1n) is 9.45. The number of rotatable bonds is 4. The minimum Gasteiger partial charge on any atom is -0.476 e. The Labute approximate surface area is 194 Å². The maximum Gasteiger partial charge on any atom is 0.573 e. The van der Waals surface area contributed by atoms with E-state index in [9.17, 15) is 22.8 Å². The van der Waals surface area contributed by atoms with Crippen molar-refractivity contribution in [1.29, 1.82) is 0 Å². The average molecular weight is 492 g/mol. The number of benzene rings is 2. The lowest BCUT2D eigenvalue weighted by Gasteiger charge is -2.12. The van der Waals surface area contributed by atoms with Crippen molar-refractivity contribution in [3.63, 3.8) is 0 Å². The van der Waals surface area contributed by atoms with Crippen LogP contribution in [0.15, 0.2) is 41.8 Å². The molecule has 0 fully saturated rings. The third-order valence-corrected chi connectivity index (χ3v) is 5.12. The number of hydrogen-bond acceptors (Lipinski definition) is 7. The molecule has 13 heteroatoms. The summed E-state index contributed by atoms with van der Waals surface area (Å²) in [6.07, 6.45) is -4.94. The maximum absolute atomic E-state index is 12.3. The zero-order valence-electron chi connectivity index (χ0n) is 17.7. The minimum absolute atomic E-state index is 0.0517. The fourth-order valence-corrected chi connectivity index (χ4v) is 3.38. The van der Waals surface area contributed by atoms with Crippen LogP contribution in [-0.4, -0.2) is 33.3 Å². The molecule has 4 rings (SSSR count). The van der Waals surface area contributed by atoms with E-state index in [1.807, 2.05) is 12.1 Å². The standard InChI is InChI=1S/C12H7F3N2O4S.C9H10N3/c13-12(14,15)21-8-4-2-1-3-6(8)9(18)17-11-16-7(5-22-11)10(19)20;1-5-3-7-8(4-6(5)2)12-9(10)11-7/h1-5H,(H,19,20)(H,16,17,18);3-4H,1-2H3,(H2-,10,11,12)/q;-1. The molecule has 0 saturated carbocycles. The van der Waals surface area contributed by atoms with E-state index in [-0.39, 0.29) is 16.4 Å². The zero-order valence-corrected chi connectivity index (χ0v) is 18.5. The third kappa shape index (κ3) is 6.22. The molecule has 0 radical (unpaired) electrons. The molecule has 0 unspecified atom stereocenters. The van der Waals surface area contributed by atoms with E-state index in [0.717, 1.165) is 34.5 Å². The van der Waals surface area contributed by atoms with Crippen molar-refractivity contribution in [1.82, 2.24) is 15.0 Å². The topological polar surface area (TPSA) is 142 Å².